The van der Waals surface area contributed by atoms with Gasteiger partial charge in [0.15, 0.2) is 0 Å². The minimum absolute atomic E-state index is 0.260. The number of morpholine rings is 1. The van der Waals surface area contributed by atoms with Crippen molar-refractivity contribution in [2.45, 2.75) is 0 Å². The lowest BCUT2D eigenvalue weighted by Gasteiger charge is -2.26. The number of rotatable bonds is 6. The van der Waals surface area contributed by atoms with Crippen molar-refractivity contribution in [3.8, 4) is 6.07 Å². The monoisotopic (exact) mass is 351 g/mol. The first kappa shape index (κ1) is 17.9. The molecule has 2 heterocycles. The molecule has 0 unspecified atom stereocenters. The zero-order chi connectivity index (χ0) is 18.2. The number of hydrogen-bond donors (Lipinski definition) is 2. The SMILES string of the molecule is N#Cc1cccc(NC(=O)c2cncc(NCCN3CCOCC3)c2)c1. The Labute approximate surface area is 152 Å². The number of nitrogens with zero attached hydrogens (tertiary/aromatic N) is 3. The molecule has 7 heteroatoms. The highest BCUT2D eigenvalue weighted by atomic mass is 16.5. The predicted octanol–water partition coefficient (Wildman–Crippen LogP) is 1.95. The number of amides is 1. The number of nitriles is 1. The Morgan fingerprint density at radius 2 is 2.08 bits per heavy atom. The Bertz CT molecular complexity index is 797. The molecular weight excluding hydrogens is 330 g/mol. The van der Waals surface area contributed by atoms with Gasteiger partial charge in [-0.05, 0) is 24.3 Å². The van der Waals surface area contributed by atoms with Crippen LogP contribution in [-0.4, -0.2) is 55.2 Å². The van der Waals surface area contributed by atoms with Crippen LogP contribution >= 0.6 is 0 Å². The van der Waals surface area contributed by atoms with Crippen LogP contribution in [0.5, 0.6) is 0 Å². The Morgan fingerprint density at radius 3 is 2.88 bits per heavy atom. The molecule has 1 aliphatic heterocycles. The quantitative estimate of drug-likeness (QED) is 0.827. The summed E-state index contributed by atoms with van der Waals surface area (Å²) in [5, 5.41) is 15.0. The van der Waals surface area contributed by atoms with E-state index >= 15 is 0 Å². The summed E-state index contributed by atoms with van der Waals surface area (Å²) in [6.07, 6.45) is 3.23. The standard InChI is InChI=1S/C19H21N5O2/c20-12-15-2-1-3-17(10-15)23-19(25)16-11-18(14-21-13-16)22-4-5-24-6-8-26-9-7-24/h1-3,10-11,13-14,22H,4-9H2,(H,23,25). The first-order valence-electron chi connectivity index (χ1n) is 8.55. The van der Waals surface area contributed by atoms with Gasteiger partial charge in [-0.1, -0.05) is 6.07 Å². The van der Waals surface area contributed by atoms with E-state index in [1.54, 1.807) is 36.5 Å². The van der Waals surface area contributed by atoms with E-state index in [1.807, 2.05) is 0 Å². The van der Waals surface area contributed by atoms with E-state index in [0.717, 1.165) is 45.1 Å². The van der Waals surface area contributed by atoms with Crippen molar-refractivity contribution in [3.63, 3.8) is 0 Å². The number of aromatic nitrogens is 1. The van der Waals surface area contributed by atoms with Crippen LogP contribution in [0.1, 0.15) is 15.9 Å². The fraction of sp³-hybridized carbons (Fsp3) is 0.316. The number of carbonyl (C=O) groups excluding carboxylic acids is 1. The van der Waals surface area contributed by atoms with Gasteiger partial charge in [-0.25, -0.2) is 0 Å². The summed E-state index contributed by atoms with van der Waals surface area (Å²) in [5.41, 5.74) is 2.35. The van der Waals surface area contributed by atoms with E-state index in [2.05, 4.69) is 26.6 Å². The average molecular weight is 351 g/mol. The molecule has 1 aromatic carbocycles. The molecule has 2 aromatic rings. The van der Waals surface area contributed by atoms with Crippen molar-refractivity contribution < 1.29 is 9.53 Å². The van der Waals surface area contributed by atoms with Gasteiger partial charge in [-0.2, -0.15) is 5.26 Å². The van der Waals surface area contributed by atoms with E-state index in [-0.39, 0.29) is 5.91 Å². The van der Waals surface area contributed by atoms with Crippen LogP contribution in [0.25, 0.3) is 0 Å². The molecule has 7 nitrogen and oxygen atoms in total. The summed E-state index contributed by atoms with van der Waals surface area (Å²) in [7, 11) is 0. The third-order valence-electron chi connectivity index (χ3n) is 4.11. The second-order valence-corrected chi connectivity index (χ2v) is 5.99. The lowest BCUT2D eigenvalue weighted by atomic mass is 10.2. The molecule has 3 rings (SSSR count). The molecule has 1 aromatic heterocycles. The largest absolute Gasteiger partial charge is 0.382 e. The summed E-state index contributed by atoms with van der Waals surface area (Å²) in [6.45, 7) is 5.15. The van der Waals surface area contributed by atoms with E-state index in [4.69, 9.17) is 10.00 Å². The van der Waals surface area contributed by atoms with Crippen LogP contribution in [0.2, 0.25) is 0 Å². The molecule has 26 heavy (non-hydrogen) atoms. The van der Waals surface area contributed by atoms with Crippen molar-refractivity contribution in [2.75, 3.05) is 50.0 Å². The lowest BCUT2D eigenvalue weighted by molar-refractivity contribution is 0.0398. The Balaban J connectivity index is 1.55. The molecule has 0 spiro atoms. The molecule has 134 valence electrons. The van der Waals surface area contributed by atoms with Gasteiger partial charge < -0.3 is 15.4 Å². The highest BCUT2D eigenvalue weighted by Gasteiger charge is 2.10. The number of hydrogen-bond acceptors (Lipinski definition) is 6. The minimum atomic E-state index is -0.260. The van der Waals surface area contributed by atoms with Gasteiger partial charge in [0.2, 0.25) is 0 Å². The smallest absolute Gasteiger partial charge is 0.257 e. The summed E-state index contributed by atoms with van der Waals surface area (Å²) in [4.78, 5) is 18.9. The summed E-state index contributed by atoms with van der Waals surface area (Å²) in [6, 6.07) is 10.6. The number of nitrogens with one attached hydrogen (secondary N) is 2. The molecular formula is C19H21N5O2. The summed E-state index contributed by atoms with van der Waals surface area (Å²) < 4.78 is 5.34. The van der Waals surface area contributed by atoms with Gasteiger partial charge in [0.25, 0.3) is 5.91 Å². The van der Waals surface area contributed by atoms with Crippen LogP contribution in [0.15, 0.2) is 42.7 Å². The zero-order valence-electron chi connectivity index (χ0n) is 14.4. The van der Waals surface area contributed by atoms with Crippen LogP contribution < -0.4 is 10.6 Å². The highest BCUT2D eigenvalue weighted by molar-refractivity contribution is 6.04. The van der Waals surface area contributed by atoms with Crippen molar-refractivity contribution >= 4 is 17.3 Å². The van der Waals surface area contributed by atoms with Crippen molar-refractivity contribution in [1.29, 1.82) is 5.26 Å². The van der Waals surface area contributed by atoms with Crippen LogP contribution in [-0.2, 0) is 4.74 Å². The van der Waals surface area contributed by atoms with Gasteiger partial charge in [-0.15, -0.1) is 0 Å². The van der Waals surface area contributed by atoms with Gasteiger partial charge in [0.1, 0.15) is 0 Å². The highest BCUT2D eigenvalue weighted by Crippen LogP contribution is 2.13. The molecule has 1 fully saturated rings. The molecule has 0 atom stereocenters. The molecule has 0 saturated carbocycles. The van der Waals surface area contributed by atoms with E-state index in [1.165, 1.54) is 6.20 Å². The average Bonchev–Trinajstić information content (AvgIpc) is 2.69. The van der Waals surface area contributed by atoms with Gasteiger partial charge >= 0.3 is 0 Å². The fourth-order valence-corrected chi connectivity index (χ4v) is 2.71. The second-order valence-electron chi connectivity index (χ2n) is 5.99. The van der Waals surface area contributed by atoms with Gasteiger partial charge in [0.05, 0.1) is 36.1 Å². The number of benzene rings is 1. The van der Waals surface area contributed by atoms with E-state index in [0.29, 0.717) is 16.8 Å². The minimum Gasteiger partial charge on any atom is -0.382 e. The third kappa shape index (κ3) is 5.02. The number of anilines is 2. The molecule has 0 aliphatic carbocycles. The van der Waals surface area contributed by atoms with Crippen molar-refractivity contribution in [2.24, 2.45) is 0 Å². The molecule has 1 saturated heterocycles. The van der Waals surface area contributed by atoms with E-state index in [9.17, 15) is 4.79 Å². The Kier molecular flexibility index (Phi) is 6.14. The van der Waals surface area contributed by atoms with Gasteiger partial charge in [0, 0.05) is 44.3 Å². The molecule has 0 bridgehead atoms. The molecule has 0 radical (unpaired) electrons. The third-order valence-corrected chi connectivity index (χ3v) is 4.11. The van der Waals surface area contributed by atoms with Crippen molar-refractivity contribution in [1.82, 2.24) is 9.88 Å². The number of carbonyl (C=O) groups is 1. The normalized spacial score (nSPS) is 14.4. The second kappa shape index (κ2) is 8.94. The molecule has 1 aliphatic rings. The maximum atomic E-state index is 12.4. The topological polar surface area (TPSA) is 90.3 Å². The maximum Gasteiger partial charge on any atom is 0.257 e. The first-order chi connectivity index (χ1) is 12.7. The zero-order valence-corrected chi connectivity index (χ0v) is 14.4. The number of ether oxygens (including phenoxy) is 1. The summed E-state index contributed by atoms with van der Waals surface area (Å²) in [5.74, 6) is -0.260. The predicted molar refractivity (Wildman–Crippen MR) is 99.1 cm³/mol. The Morgan fingerprint density at radius 1 is 1.23 bits per heavy atom. The molecule has 2 N–H and O–H groups in total. The van der Waals surface area contributed by atoms with Crippen LogP contribution in [0.4, 0.5) is 11.4 Å². The summed E-state index contributed by atoms with van der Waals surface area (Å²) >= 11 is 0. The first-order valence-corrected chi connectivity index (χ1v) is 8.55. The van der Waals surface area contributed by atoms with E-state index < -0.39 is 0 Å². The lowest BCUT2D eigenvalue weighted by Crippen LogP contribution is -2.39. The Hall–Kier alpha value is -2.95. The fourth-order valence-electron chi connectivity index (χ4n) is 2.71. The number of pyridine rings is 1. The molecule has 1 amide bonds. The maximum absolute atomic E-state index is 12.4. The van der Waals surface area contributed by atoms with Crippen molar-refractivity contribution in [3.05, 3.63) is 53.9 Å². The van der Waals surface area contributed by atoms with Crippen LogP contribution in [0.3, 0.4) is 0 Å². The van der Waals surface area contributed by atoms with Gasteiger partial charge in [-0.3, -0.25) is 14.7 Å². The van der Waals surface area contributed by atoms with Crippen LogP contribution in [0, 0.1) is 11.3 Å².